The quantitative estimate of drug-likeness (QED) is 0.731. The maximum Gasteiger partial charge on any atom is 0.104 e. The van der Waals surface area contributed by atoms with Gasteiger partial charge in [0, 0.05) is 31.0 Å². The molecule has 1 saturated heterocycles. The molecule has 0 spiro atoms. The van der Waals surface area contributed by atoms with E-state index in [1.165, 1.54) is 5.57 Å². The van der Waals surface area contributed by atoms with Crippen LogP contribution in [0.3, 0.4) is 0 Å². The van der Waals surface area contributed by atoms with Crippen molar-refractivity contribution in [2.24, 2.45) is 17.6 Å². The predicted molar refractivity (Wildman–Crippen MR) is 105 cm³/mol. The van der Waals surface area contributed by atoms with Gasteiger partial charge >= 0.3 is 0 Å². The van der Waals surface area contributed by atoms with Crippen LogP contribution < -0.4 is 11.1 Å². The van der Waals surface area contributed by atoms with E-state index in [-0.39, 0.29) is 12.1 Å². The Morgan fingerprint density at radius 3 is 2.56 bits per heavy atom. The molecule has 4 unspecified atom stereocenters. The summed E-state index contributed by atoms with van der Waals surface area (Å²) in [6.45, 7) is 6.63. The fraction of sp³-hybridized carbons (Fsp3) is 0.545. The second kappa shape index (κ2) is 8.20. The third kappa shape index (κ3) is 4.16. The molecule has 0 aromatic carbocycles. The van der Waals surface area contributed by atoms with Crippen LogP contribution in [0.2, 0.25) is 0 Å². The normalized spacial score (nSPS) is 32.8. The summed E-state index contributed by atoms with van der Waals surface area (Å²) in [7, 11) is 0. The summed E-state index contributed by atoms with van der Waals surface area (Å²) >= 11 is 0. The summed E-state index contributed by atoms with van der Waals surface area (Å²) in [4.78, 5) is 0. The molecule has 136 valence electrons. The Kier molecular flexibility index (Phi) is 5.98. The Balaban J connectivity index is 1.72. The van der Waals surface area contributed by atoms with Gasteiger partial charge in [0.2, 0.25) is 0 Å². The van der Waals surface area contributed by atoms with Crippen LogP contribution in [0.5, 0.6) is 0 Å². The molecule has 0 saturated carbocycles. The molecule has 4 atom stereocenters. The van der Waals surface area contributed by atoms with Crippen molar-refractivity contribution in [3.8, 4) is 0 Å². The number of hydrogen-bond acceptors (Lipinski definition) is 3. The number of hydrogen-bond donors (Lipinski definition) is 2. The first-order valence-corrected chi connectivity index (χ1v) is 9.67. The number of rotatable bonds is 5. The van der Waals surface area contributed by atoms with Gasteiger partial charge in [0.1, 0.15) is 11.5 Å². The van der Waals surface area contributed by atoms with Crippen LogP contribution in [0, 0.1) is 11.8 Å². The summed E-state index contributed by atoms with van der Waals surface area (Å²) in [5.41, 5.74) is 8.03. The number of nitrogens with one attached hydrogen (secondary N) is 1. The Labute approximate surface area is 152 Å². The topological polar surface area (TPSA) is 47.3 Å². The molecule has 0 radical (unpaired) electrons. The molecule has 0 aromatic rings. The van der Waals surface area contributed by atoms with Crippen LogP contribution in [0.25, 0.3) is 0 Å². The van der Waals surface area contributed by atoms with Gasteiger partial charge in [-0.3, -0.25) is 0 Å². The lowest BCUT2D eigenvalue weighted by atomic mass is 9.80. The van der Waals surface area contributed by atoms with E-state index in [0.29, 0.717) is 17.9 Å². The maximum absolute atomic E-state index is 6.56. The minimum absolute atomic E-state index is 0.169. The second-order valence-corrected chi connectivity index (χ2v) is 7.67. The first kappa shape index (κ1) is 18.2. The Morgan fingerprint density at radius 2 is 1.96 bits per heavy atom. The van der Waals surface area contributed by atoms with E-state index in [2.05, 4.69) is 68.6 Å². The molecule has 1 heterocycles. The summed E-state index contributed by atoms with van der Waals surface area (Å²) in [6.07, 6.45) is 19.2. The van der Waals surface area contributed by atoms with E-state index in [9.17, 15) is 0 Å². The van der Waals surface area contributed by atoms with Crippen LogP contribution in [-0.4, -0.2) is 18.1 Å². The van der Waals surface area contributed by atoms with Crippen LogP contribution in [0.15, 0.2) is 59.6 Å². The van der Waals surface area contributed by atoms with Crippen LogP contribution >= 0.6 is 0 Å². The summed E-state index contributed by atoms with van der Waals surface area (Å²) in [5.74, 6) is 3.19. The maximum atomic E-state index is 6.56. The second-order valence-electron chi connectivity index (χ2n) is 7.67. The Bertz CT molecular complexity index is 624. The van der Waals surface area contributed by atoms with Crippen molar-refractivity contribution in [2.75, 3.05) is 0 Å². The zero-order valence-corrected chi connectivity index (χ0v) is 15.7. The monoisotopic (exact) mass is 340 g/mol. The highest BCUT2D eigenvalue weighted by Crippen LogP contribution is 2.35. The molecule has 3 heteroatoms. The molecule has 3 aliphatic rings. The van der Waals surface area contributed by atoms with Crippen molar-refractivity contribution in [2.45, 2.75) is 64.6 Å². The Hall–Kier alpha value is -1.58. The number of nitrogens with two attached hydrogens (primary N) is 1. The molecular formula is C22H32N2O. The van der Waals surface area contributed by atoms with Crippen molar-refractivity contribution >= 4 is 0 Å². The van der Waals surface area contributed by atoms with E-state index in [1.54, 1.807) is 0 Å². The van der Waals surface area contributed by atoms with E-state index in [0.717, 1.165) is 37.2 Å². The van der Waals surface area contributed by atoms with Crippen LogP contribution in [0.4, 0.5) is 0 Å². The van der Waals surface area contributed by atoms with E-state index in [4.69, 9.17) is 10.5 Å². The molecule has 3 N–H and O–H groups in total. The summed E-state index contributed by atoms with van der Waals surface area (Å²) in [6, 6.07) is 0.804. The van der Waals surface area contributed by atoms with Crippen LogP contribution in [-0.2, 0) is 4.74 Å². The van der Waals surface area contributed by atoms with Crippen molar-refractivity contribution < 1.29 is 4.74 Å². The third-order valence-corrected chi connectivity index (χ3v) is 5.57. The van der Waals surface area contributed by atoms with E-state index < -0.39 is 0 Å². The molecule has 25 heavy (non-hydrogen) atoms. The number of ether oxygens (including phenoxy) is 1. The molecule has 0 aromatic heterocycles. The fourth-order valence-electron chi connectivity index (χ4n) is 4.28. The smallest absolute Gasteiger partial charge is 0.104 e. The third-order valence-electron chi connectivity index (χ3n) is 5.57. The molecule has 3 nitrogen and oxygen atoms in total. The lowest BCUT2D eigenvalue weighted by molar-refractivity contribution is 0.271. The average Bonchev–Trinajstić information content (AvgIpc) is 2.94. The van der Waals surface area contributed by atoms with Gasteiger partial charge in [-0.25, -0.2) is 0 Å². The fourth-order valence-corrected chi connectivity index (χ4v) is 4.28. The lowest BCUT2D eigenvalue weighted by Gasteiger charge is -2.29. The molecule has 1 fully saturated rings. The lowest BCUT2D eigenvalue weighted by Crippen LogP contribution is -2.39. The molecular weight excluding hydrogens is 308 g/mol. The van der Waals surface area contributed by atoms with E-state index >= 15 is 0 Å². The van der Waals surface area contributed by atoms with Crippen molar-refractivity contribution in [3.63, 3.8) is 0 Å². The zero-order chi connectivity index (χ0) is 17.8. The molecule has 0 bridgehead atoms. The number of allylic oxidation sites excluding steroid dienone is 8. The van der Waals surface area contributed by atoms with Gasteiger partial charge in [0.25, 0.3) is 0 Å². The predicted octanol–water partition coefficient (Wildman–Crippen LogP) is 4.36. The average molecular weight is 341 g/mol. The zero-order valence-electron chi connectivity index (χ0n) is 15.7. The molecule has 1 aliphatic heterocycles. The van der Waals surface area contributed by atoms with E-state index in [1.807, 2.05) is 0 Å². The standard InChI is InChI=1S/C22H32N2O/c1-4-8-19-21(23)20(15(2)3)22(24-19)16-11-13-18(14-12-16)25-17-9-6-5-7-10-17/h4-6,8-9,11,13,15,19-22,24H,7,10,12,14,23H2,1-3H3/b8-4+. The van der Waals surface area contributed by atoms with Crippen molar-refractivity contribution in [1.82, 2.24) is 5.32 Å². The van der Waals surface area contributed by atoms with Crippen molar-refractivity contribution in [3.05, 3.63) is 59.6 Å². The van der Waals surface area contributed by atoms with Gasteiger partial charge in [-0.1, -0.05) is 49.8 Å². The van der Waals surface area contributed by atoms with Crippen LogP contribution in [0.1, 0.15) is 46.5 Å². The van der Waals surface area contributed by atoms with Gasteiger partial charge in [-0.05, 0) is 43.8 Å². The highest BCUT2D eigenvalue weighted by atomic mass is 16.5. The minimum Gasteiger partial charge on any atom is -0.466 e. The molecule has 0 amide bonds. The Morgan fingerprint density at radius 1 is 1.16 bits per heavy atom. The van der Waals surface area contributed by atoms with Gasteiger partial charge in [-0.15, -0.1) is 0 Å². The summed E-state index contributed by atoms with van der Waals surface area (Å²) < 4.78 is 6.07. The van der Waals surface area contributed by atoms with Crippen molar-refractivity contribution in [1.29, 1.82) is 0 Å². The largest absolute Gasteiger partial charge is 0.466 e. The first-order valence-electron chi connectivity index (χ1n) is 9.67. The van der Waals surface area contributed by atoms with Gasteiger partial charge < -0.3 is 15.8 Å². The summed E-state index contributed by atoms with van der Waals surface area (Å²) in [5, 5.41) is 3.77. The molecule has 2 aliphatic carbocycles. The minimum atomic E-state index is 0.169. The van der Waals surface area contributed by atoms with Gasteiger partial charge in [0.05, 0.1) is 0 Å². The highest BCUT2D eigenvalue weighted by molar-refractivity contribution is 5.30. The first-order chi connectivity index (χ1) is 12.1. The molecule has 3 rings (SSSR count). The van der Waals surface area contributed by atoms with Gasteiger partial charge in [0.15, 0.2) is 0 Å². The SMILES string of the molecule is C/C=C/C1NC(C2=CC=C(OC3=CC=CCC3)CC2)C(C(C)C)C1N. The van der Waals surface area contributed by atoms with Gasteiger partial charge in [-0.2, -0.15) is 0 Å². The highest BCUT2D eigenvalue weighted by Gasteiger charge is 2.42.